The largest absolute Gasteiger partial charge is 0.507 e. The Kier molecular flexibility index (Phi) is 7.47. The van der Waals surface area contributed by atoms with Gasteiger partial charge in [-0.2, -0.15) is 0 Å². The van der Waals surface area contributed by atoms with E-state index in [1.54, 1.807) is 6.20 Å². The quantitative estimate of drug-likeness (QED) is 0.118. The van der Waals surface area contributed by atoms with Gasteiger partial charge in [-0.05, 0) is 95.2 Å². The number of aliphatic hydroxyl groups excluding tert-OH is 2. The van der Waals surface area contributed by atoms with Crippen molar-refractivity contribution >= 4 is 111 Å². The number of benzene rings is 6. The van der Waals surface area contributed by atoms with Crippen LogP contribution in [0.3, 0.4) is 0 Å². The minimum absolute atomic E-state index is 0.0846. The maximum atomic E-state index is 12.1. The Morgan fingerprint density at radius 1 is 0.479 bits per heavy atom. The number of hydrogen-bond donors (Lipinski definition) is 5. The number of aromatic nitrogens is 4. The third-order valence-corrected chi connectivity index (χ3v) is 14.9. The molecule has 4 aromatic heterocycles. The summed E-state index contributed by atoms with van der Waals surface area (Å²) in [4.78, 5) is 25.2. The highest BCUT2D eigenvalue weighted by atomic mass is 16.3. The number of aliphatic hydroxyl groups is 2. The third-order valence-electron chi connectivity index (χ3n) is 14.9. The lowest BCUT2D eigenvalue weighted by Gasteiger charge is -2.38. The van der Waals surface area contributed by atoms with Gasteiger partial charge in [0.25, 0.3) is 0 Å². The normalized spacial score (nSPS) is 18.6. The number of amidine groups is 1. The average Bonchev–Trinajstić information content (AvgIpc) is 3.94. The first-order chi connectivity index (χ1) is 35.1. The monoisotopic (exact) mass is 916 g/mol. The summed E-state index contributed by atoms with van der Waals surface area (Å²) in [6, 6.07) is 45.1. The maximum absolute atomic E-state index is 12.1. The predicted molar refractivity (Wildman–Crippen MR) is 284 cm³/mol. The fourth-order valence-corrected chi connectivity index (χ4v) is 11.9. The van der Waals surface area contributed by atoms with Crippen molar-refractivity contribution in [3.63, 3.8) is 0 Å². The van der Waals surface area contributed by atoms with Crippen LogP contribution in [0.5, 0.6) is 0 Å². The van der Waals surface area contributed by atoms with Crippen LogP contribution < -0.4 is 16.0 Å². The lowest BCUT2D eigenvalue weighted by molar-refractivity contribution is 0.346. The zero-order chi connectivity index (χ0) is 46.6. The van der Waals surface area contributed by atoms with Crippen molar-refractivity contribution in [3.8, 4) is 0 Å². The average molecular weight is 917 g/mol. The van der Waals surface area contributed by atoms with E-state index in [0.717, 1.165) is 122 Å². The highest BCUT2D eigenvalue weighted by Gasteiger charge is 2.43. The van der Waals surface area contributed by atoms with Crippen LogP contribution in [0.2, 0.25) is 0 Å². The summed E-state index contributed by atoms with van der Waals surface area (Å²) in [5.74, 6) is 1.73. The molecule has 0 saturated heterocycles. The summed E-state index contributed by atoms with van der Waals surface area (Å²) in [6.07, 6.45) is 14.0. The number of anilines is 2. The van der Waals surface area contributed by atoms with E-state index in [9.17, 15) is 10.2 Å². The van der Waals surface area contributed by atoms with Gasteiger partial charge in [0.2, 0.25) is 11.9 Å². The molecule has 16 rings (SSSR count). The number of para-hydroxylation sites is 2. The molecule has 12 nitrogen and oxygen atoms in total. The van der Waals surface area contributed by atoms with Gasteiger partial charge >= 0.3 is 0 Å². The number of nitrogens with one attached hydrogen (secondary N) is 3. The van der Waals surface area contributed by atoms with Crippen molar-refractivity contribution < 1.29 is 10.2 Å². The van der Waals surface area contributed by atoms with Crippen LogP contribution in [0.1, 0.15) is 11.1 Å². The lowest BCUT2D eigenvalue weighted by Crippen LogP contribution is -2.36. The topological polar surface area (TPSA) is 149 Å². The van der Waals surface area contributed by atoms with E-state index in [0.29, 0.717) is 23.1 Å². The molecule has 0 spiro atoms. The first-order valence-corrected chi connectivity index (χ1v) is 23.6. The van der Waals surface area contributed by atoms with Gasteiger partial charge < -0.3 is 26.2 Å². The van der Waals surface area contributed by atoms with Crippen LogP contribution >= 0.6 is 0 Å². The number of aliphatic imine (C=N–C) groups is 3. The van der Waals surface area contributed by atoms with E-state index in [2.05, 4.69) is 110 Å². The molecule has 2 atom stereocenters. The highest BCUT2D eigenvalue weighted by molar-refractivity contribution is 6.24. The van der Waals surface area contributed by atoms with E-state index in [4.69, 9.17) is 24.9 Å². The van der Waals surface area contributed by atoms with Crippen LogP contribution in [-0.2, 0) is 0 Å². The molecule has 71 heavy (non-hydrogen) atoms. The molecule has 3 aliphatic carbocycles. The molecule has 3 aliphatic heterocycles. The van der Waals surface area contributed by atoms with Crippen molar-refractivity contribution in [3.05, 3.63) is 221 Å². The van der Waals surface area contributed by atoms with Gasteiger partial charge in [0.1, 0.15) is 28.6 Å². The molecule has 6 aromatic carbocycles. The highest BCUT2D eigenvalue weighted by Crippen LogP contribution is 2.53. The Hall–Kier alpha value is -9.81. The smallest absolute Gasteiger partial charge is 0.214 e. The van der Waals surface area contributed by atoms with Gasteiger partial charge in [0.15, 0.2) is 0 Å². The Morgan fingerprint density at radius 3 is 1.68 bits per heavy atom. The van der Waals surface area contributed by atoms with Gasteiger partial charge in [-0.15, -0.1) is 0 Å². The molecular weight excluding hydrogens is 881 g/mol. The maximum Gasteiger partial charge on any atom is 0.214 e. The Bertz CT molecular complexity index is 4370. The third kappa shape index (κ3) is 5.14. The fraction of sp³-hybridized carbons (Fsp3) is 0.0339. The first kappa shape index (κ1) is 38.2. The van der Waals surface area contributed by atoms with E-state index in [1.165, 1.54) is 0 Å². The van der Waals surface area contributed by atoms with Crippen molar-refractivity contribution in [1.29, 1.82) is 0 Å². The summed E-state index contributed by atoms with van der Waals surface area (Å²) in [7, 11) is 0. The zero-order valence-electron chi connectivity index (χ0n) is 37.4. The molecule has 334 valence electrons. The van der Waals surface area contributed by atoms with Crippen LogP contribution in [0.25, 0.3) is 71.0 Å². The van der Waals surface area contributed by atoms with E-state index in [1.807, 2.05) is 85.1 Å². The second-order valence-electron chi connectivity index (χ2n) is 18.5. The van der Waals surface area contributed by atoms with Gasteiger partial charge in [0.05, 0.1) is 45.1 Å². The molecule has 6 aliphatic rings. The summed E-state index contributed by atoms with van der Waals surface area (Å²) < 4.78 is 4.17. The number of nitrogens with zero attached hydrogens (tertiary/aromatic N) is 7. The Morgan fingerprint density at radius 2 is 1.04 bits per heavy atom. The molecule has 0 bridgehead atoms. The summed E-state index contributed by atoms with van der Waals surface area (Å²) in [5.41, 5.74) is 12.6. The SMILES string of the molecule is OC1=C(c2ccc3c4c(cccc24)N=C(n2c4ccccc4c4cccnc42)N3)C(O)=C1C1C=CC2=C3C(=CC=CC31)NC(c1ccc3c4c(cccc14)N=C(n1c4ccccc4c4cccnc41)N3)=N2. The van der Waals surface area contributed by atoms with E-state index >= 15 is 0 Å². The molecule has 0 fully saturated rings. The van der Waals surface area contributed by atoms with Gasteiger partial charge in [-0.25, -0.2) is 24.9 Å². The number of hydrogen-bond acceptors (Lipinski definition) is 10. The number of pyridine rings is 2. The van der Waals surface area contributed by atoms with Gasteiger partial charge in [-0.1, -0.05) is 85.0 Å². The second kappa shape index (κ2) is 13.9. The molecule has 7 heterocycles. The van der Waals surface area contributed by atoms with E-state index < -0.39 is 0 Å². The van der Waals surface area contributed by atoms with Crippen LogP contribution in [0.15, 0.2) is 225 Å². The molecule has 0 radical (unpaired) electrons. The molecular formula is C59H36N10O2. The predicted octanol–water partition coefficient (Wildman–Crippen LogP) is 12.6. The number of allylic oxidation sites excluding steroid dienone is 8. The first-order valence-electron chi connectivity index (χ1n) is 23.6. The van der Waals surface area contributed by atoms with Gasteiger partial charge in [0, 0.05) is 79.0 Å². The Balaban J connectivity index is 0.728. The molecule has 2 unspecified atom stereocenters. The zero-order valence-corrected chi connectivity index (χ0v) is 37.4. The van der Waals surface area contributed by atoms with Crippen LogP contribution in [-0.4, -0.2) is 47.1 Å². The summed E-state index contributed by atoms with van der Waals surface area (Å²) >= 11 is 0. The van der Waals surface area contributed by atoms with Crippen molar-refractivity contribution in [2.75, 3.05) is 10.6 Å². The lowest BCUT2D eigenvalue weighted by atomic mass is 9.69. The molecule has 0 saturated carbocycles. The Labute approximate surface area is 403 Å². The number of rotatable bonds is 3. The van der Waals surface area contributed by atoms with Crippen molar-refractivity contribution in [2.24, 2.45) is 26.8 Å². The second-order valence-corrected chi connectivity index (χ2v) is 18.5. The molecule has 5 N–H and O–H groups in total. The van der Waals surface area contributed by atoms with Crippen LogP contribution in [0, 0.1) is 11.8 Å². The standard InChI is InChI=1S/C59H36N10O2/c70-53-51(54(71)52(53)36-23-26-44-49-33(36)13-6-18-41(49)64-58(66-44)68-46-20-3-1-10-30(46)38-15-8-28-60-56(38)68)35-22-25-43-48-32(35)12-5-17-40(48)62-55(63-43)37-24-27-45-50-34(37)14-7-19-42(50)65-59(67-45)69-47-21-4-2-11-31(47)39-16-9-29-61-57(39)69/h1-29,32,35,70-71H,(H,62,63)(H,64,66)(H,65,67). The van der Waals surface area contributed by atoms with Gasteiger partial charge in [-0.3, -0.25) is 9.13 Å². The van der Waals surface area contributed by atoms with Crippen molar-refractivity contribution in [1.82, 2.24) is 24.4 Å². The molecule has 12 heteroatoms. The van der Waals surface area contributed by atoms with Crippen molar-refractivity contribution in [2.45, 2.75) is 0 Å². The fourth-order valence-electron chi connectivity index (χ4n) is 11.9. The number of fused-ring (bicyclic) bond motifs is 6. The summed E-state index contributed by atoms with van der Waals surface area (Å²) in [6.45, 7) is 0. The van der Waals surface area contributed by atoms with Crippen LogP contribution in [0.4, 0.5) is 22.7 Å². The molecule has 0 amide bonds. The van der Waals surface area contributed by atoms with E-state index in [-0.39, 0.29) is 23.4 Å². The molecule has 10 aromatic rings. The summed E-state index contributed by atoms with van der Waals surface area (Å²) in [5, 5.41) is 43.2. The minimum Gasteiger partial charge on any atom is -0.507 e. The minimum atomic E-state index is -0.326.